The standard InChI is InChI=1S/C8H10ClN3/c1-12(2)6-4-7-3-5-10-8(9)11-7/h3-6H,1-2H3/b6-4+. The van der Waals surface area contributed by atoms with E-state index in [0.29, 0.717) is 0 Å². The second-order valence-corrected chi connectivity index (χ2v) is 2.87. The quantitative estimate of drug-likeness (QED) is 0.654. The molecule has 4 heteroatoms. The van der Waals surface area contributed by atoms with Gasteiger partial charge in [-0.05, 0) is 23.7 Å². The first kappa shape index (κ1) is 9.00. The molecule has 1 aromatic rings. The SMILES string of the molecule is CN(C)/C=C/c1ccnc(Cl)n1. The highest BCUT2D eigenvalue weighted by atomic mass is 35.5. The summed E-state index contributed by atoms with van der Waals surface area (Å²) >= 11 is 5.59. The van der Waals surface area contributed by atoms with Crippen molar-refractivity contribution in [3.05, 3.63) is 29.4 Å². The van der Waals surface area contributed by atoms with E-state index in [1.807, 2.05) is 31.3 Å². The van der Waals surface area contributed by atoms with Gasteiger partial charge in [0.05, 0.1) is 5.69 Å². The molecule has 12 heavy (non-hydrogen) atoms. The maximum Gasteiger partial charge on any atom is 0.222 e. The van der Waals surface area contributed by atoms with E-state index in [1.54, 1.807) is 12.3 Å². The third-order valence-corrected chi connectivity index (χ3v) is 1.37. The summed E-state index contributed by atoms with van der Waals surface area (Å²) in [6, 6.07) is 1.80. The monoisotopic (exact) mass is 183 g/mol. The van der Waals surface area contributed by atoms with Gasteiger partial charge in [-0.3, -0.25) is 0 Å². The van der Waals surface area contributed by atoms with Crippen molar-refractivity contribution in [1.82, 2.24) is 14.9 Å². The van der Waals surface area contributed by atoms with Crippen LogP contribution in [0, 0.1) is 0 Å². The number of hydrogen-bond donors (Lipinski definition) is 0. The number of nitrogens with zero attached hydrogens (tertiary/aromatic N) is 3. The van der Waals surface area contributed by atoms with Crippen LogP contribution in [0.5, 0.6) is 0 Å². The third-order valence-electron chi connectivity index (χ3n) is 1.19. The van der Waals surface area contributed by atoms with Crippen LogP contribution in [0.3, 0.4) is 0 Å². The van der Waals surface area contributed by atoms with Gasteiger partial charge in [0.2, 0.25) is 5.28 Å². The lowest BCUT2D eigenvalue weighted by Gasteiger charge is -2.02. The van der Waals surface area contributed by atoms with Crippen molar-refractivity contribution in [2.45, 2.75) is 0 Å². The fourth-order valence-corrected chi connectivity index (χ4v) is 0.820. The minimum absolute atomic E-state index is 0.274. The third kappa shape index (κ3) is 2.88. The van der Waals surface area contributed by atoms with Crippen molar-refractivity contribution in [1.29, 1.82) is 0 Å². The Kier molecular flexibility index (Phi) is 3.05. The van der Waals surface area contributed by atoms with Crippen molar-refractivity contribution in [3.63, 3.8) is 0 Å². The van der Waals surface area contributed by atoms with E-state index in [-0.39, 0.29) is 5.28 Å². The largest absolute Gasteiger partial charge is 0.383 e. The van der Waals surface area contributed by atoms with Gasteiger partial charge in [-0.15, -0.1) is 0 Å². The Labute approximate surface area is 76.7 Å². The summed E-state index contributed by atoms with van der Waals surface area (Å²) in [5.74, 6) is 0. The molecule has 1 rings (SSSR count). The molecule has 0 radical (unpaired) electrons. The van der Waals surface area contributed by atoms with Crippen molar-refractivity contribution in [2.24, 2.45) is 0 Å². The van der Waals surface area contributed by atoms with Crippen LogP contribution in [0.2, 0.25) is 5.28 Å². The zero-order chi connectivity index (χ0) is 8.97. The smallest absolute Gasteiger partial charge is 0.222 e. The zero-order valence-electron chi connectivity index (χ0n) is 7.03. The fraction of sp³-hybridized carbons (Fsp3) is 0.250. The molecule has 0 aliphatic heterocycles. The number of rotatable bonds is 2. The topological polar surface area (TPSA) is 29.0 Å². The van der Waals surface area contributed by atoms with Crippen LogP contribution in [0.4, 0.5) is 0 Å². The second-order valence-electron chi connectivity index (χ2n) is 2.53. The average Bonchev–Trinajstić information content (AvgIpc) is 2.01. The molecule has 0 amide bonds. The highest BCUT2D eigenvalue weighted by Crippen LogP contribution is 2.02. The maximum absolute atomic E-state index is 5.59. The minimum atomic E-state index is 0.274. The van der Waals surface area contributed by atoms with E-state index in [9.17, 15) is 0 Å². The summed E-state index contributed by atoms with van der Waals surface area (Å²) in [6.07, 6.45) is 5.40. The molecule has 0 unspecified atom stereocenters. The van der Waals surface area contributed by atoms with Crippen LogP contribution in [0.1, 0.15) is 5.69 Å². The Morgan fingerprint density at radius 2 is 2.25 bits per heavy atom. The van der Waals surface area contributed by atoms with Gasteiger partial charge in [0, 0.05) is 26.5 Å². The van der Waals surface area contributed by atoms with E-state index in [4.69, 9.17) is 11.6 Å². The molecule has 0 spiro atoms. The van der Waals surface area contributed by atoms with Gasteiger partial charge in [0.25, 0.3) is 0 Å². The first-order valence-electron chi connectivity index (χ1n) is 3.51. The Hall–Kier alpha value is -1.09. The van der Waals surface area contributed by atoms with Crippen molar-refractivity contribution in [3.8, 4) is 0 Å². The molecule has 0 aliphatic rings. The van der Waals surface area contributed by atoms with E-state index < -0.39 is 0 Å². The molecular weight excluding hydrogens is 174 g/mol. The van der Waals surface area contributed by atoms with Crippen LogP contribution < -0.4 is 0 Å². The normalized spacial score (nSPS) is 10.6. The van der Waals surface area contributed by atoms with Crippen molar-refractivity contribution in [2.75, 3.05) is 14.1 Å². The van der Waals surface area contributed by atoms with Gasteiger partial charge in [0.15, 0.2) is 0 Å². The summed E-state index contributed by atoms with van der Waals surface area (Å²) in [4.78, 5) is 9.69. The van der Waals surface area contributed by atoms with Crippen molar-refractivity contribution >= 4 is 17.7 Å². The summed E-state index contributed by atoms with van der Waals surface area (Å²) < 4.78 is 0. The molecule has 1 heterocycles. The number of hydrogen-bond acceptors (Lipinski definition) is 3. The number of aromatic nitrogens is 2. The highest BCUT2D eigenvalue weighted by Gasteiger charge is 1.90. The van der Waals surface area contributed by atoms with E-state index in [0.717, 1.165) is 5.69 Å². The molecule has 1 aromatic heterocycles. The lowest BCUT2D eigenvalue weighted by molar-refractivity contribution is 0.567. The van der Waals surface area contributed by atoms with Gasteiger partial charge in [-0.25, -0.2) is 9.97 Å². The van der Waals surface area contributed by atoms with E-state index >= 15 is 0 Å². The molecule has 0 aromatic carbocycles. The Morgan fingerprint density at radius 3 is 2.83 bits per heavy atom. The lowest BCUT2D eigenvalue weighted by Crippen LogP contribution is -1.99. The fourth-order valence-electron chi connectivity index (χ4n) is 0.666. The molecule has 64 valence electrons. The number of halogens is 1. The Morgan fingerprint density at radius 1 is 1.50 bits per heavy atom. The molecule has 0 saturated heterocycles. The molecule has 3 nitrogen and oxygen atoms in total. The molecule has 0 fully saturated rings. The summed E-state index contributed by atoms with van der Waals surface area (Å²) in [5, 5.41) is 0.274. The van der Waals surface area contributed by atoms with Crippen LogP contribution in [-0.2, 0) is 0 Å². The highest BCUT2D eigenvalue weighted by molar-refractivity contribution is 6.28. The van der Waals surface area contributed by atoms with Crippen LogP contribution in [0.15, 0.2) is 18.5 Å². The molecule has 0 bridgehead atoms. The predicted molar refractivity (Wildman–Crippen MR) is 49.8 cm³/mol. The lowest BCUT2D eigenvalue weighted by atomic mass is 10.4. The predicted octanol–water partition coefficient (Wildman–Crippen LogP) is 1.66. The zero-order valence-corrected chi connectivity index (χ0v) is 7.78. The van der Waals surface area contributed by atoms with Crippen molar-refractivity contribution < 1.29 is 0 Å². The van der Waals surface area contributed by atoms with E-state index in [1.165, 1.54) is 0 Å². The average molecular weight is 184 g/mol. The van der Waals surface area contributed by atoms with Gasteiger partial charge in [-0.1, -0.05) is 0 Å². The minimum Gasteiger partial charge on any atom is -0.383 e. The van der Waals surface area contributed by atoms with E-state index in [2.05, 4.69) is 9.97 Å². The van der Waals surface area contributed by atoms with Crippen LogP contribution >= 0.6 is 11.6 Å². The molecule has 0 N–H and O–H groups in total. The maximum atomic E-state index is 5.59. The second kappa shape index (κ2) is 4.07. The summed E-state index contributed by atoms with van der Waals surface area (Å²) in [6.45, 7) is 0. The van der Waals surface area contributed by atoms with Gasteiger partial charge < -0.3 is 4.90 Å². The molecule has 0 atom stereocenters. The molecule has 0 saturated carbocycles. The summed E-state index contributed by atoms with van der Waals surface area (Å²) in [7, 11) is 3.89. The van der Waals surface area contributed by atoms with Gasteiger partial charge >= 0.3 is 0 Å². The first-order chi connectivity index (χ1) is 5.68. The van der Waals surface area contributed by atoms with Crippen LogP contribution in [-0.4, -0.2) is 29.0 Å². The Bertz CT molecular complexity index is 283. The van der Waals surface area contributed by atoms with Gasteiger partial charge in [-0.2, -0.15) is 0 Å². The summed E-state index contributed by atoms with van der Waals surface area (Å²) in [5.41, 5.74) is 0.809. The molecule has 0 aliphatic carbocycles. The first-order valence-corrected chi connectivity index (χ1v) is 3.89. The Balaban J connectivity index is 2.76. The van der Waals surface area contributed by atoms with Gasteiger partial charge in [0.1, 0.15) is 0 Å². The molecular formula is C8H10ClN3. The van der Waals surface area contributed by atoms with Crippen LogP contribution in [0.25, 0.3) is 6.08 Å².